The molecule has 0 spiro atoms. The maximum atomic E-state index is 5.38. The van der Waals surface area contributed by atoms with Crippen molar-refractivity contribution < 1.29 is 9.47 Å². The molecule has 2 nitrogen and oxygen atoms in total. The lowest BCUT2D eigenvalue weighted by atomic mass is 10.2. The van der Waals surface area contributed by atoms with Crippen LogP contribution in [-0.2, 0) is 9.47 Å². The molecule has 1 saturated heterocycles. The molecule has 2 unspecified atom stereocenters. The summed E-state index contributed by atoms with van der Waals surface area (Å²) in [6.07, 6.45) is 8.00. The third-order valence-corrected chi connectivity index (χ3v) is 2.29. The van der Waals surface area contributed by atoms with Gasteiger partial charge in [0, 0.05) is 6.42 Å². The number of hydrogen-bond donors (Lipinski definition) is 0. The molecule has 1 aliphatic rings. The van der Waals surface area contributed by atoms with Crippen molar-refractivity contribution in [2.24, 2.45) is 5.92 Å². The lowest BCUT2D eigenvalue weighted by molar-refractivity contribution is -0.0685. The van der Waals surface area contributed by atoms with Crippen molar-refractivity contribution in [2.45, 2.75) is 26.1 Å². The van der Waals surface area contributed by atoms with Gasteiger partial charge in [-0.25, -0.2) is 0 Å². The molecule has 0 N–H and O–H groups in total. The van der Waals surface area contributed by atoms with Crippen LogP contribution in [-0.4, -0.2) is 12.9 Å². The van der Waals surface area contributed by atoms with Crippen LogP contribution >= 0.6 is 22.6 Å². The summed E-state index contributed by atoms with van der Waals surface area (Å²) in [4.78, 5) is 0. The Morgan fingerprint density at radius 2 is 2.38 bits per heavy atom. The quantitative estimate of drug-likeness (QED) is 0.585. The molecular weight excluding hydrogens is 279 g/mol. The SMILES string of the molecule is CC(/C=C/I)/C=C/OC1CCCO1. The van der Waals surface area contributed by atoms with Crippen LogP contribution < -0.4 is 0 Å². The molecule has 0 radical (unpaired) electrons. The minimum absolute atomic E-state index is 0.00738. The van der Waals surface area contributed by atoms with Crippen LogP contribution in [0.25, 0.3) is 0 Å². The Bertz CT molecular complexity index is 183. The molecule has 0 amide bonds. The first-order valence-electron chi connectivity index (χ1n) is 4.53. The van der Waals surface area contributed by atoms with E-state index in [0.29, 0.717) is 5.92 Å². The van der Waals surface area contributed by atoms with Crippen LogP contribution in [0.3, 0.4) is 0 Å². The zero-order valence-corrected chi connectivity index (χ0v) is 9.94. The van der Waals surface area contributed by atoms with Crippen molar-refractivity contribution in [1.82, 2.24) is 0 Å². The number of allylic oxidation sites excluding steroid dienone is 2. The van der Waals surface area contributed by atoms with E-state index in [1.54, 1.807) is 6.26 Å². The number of hydrogen-bond acceptors (Lipinski definition) is 2. The topological polar surface area (TPSA) is 18.5 Å². The average Bonchev–Trinajstić information content (AvgIpc) is 2.57. The Balaban J connectivity index is 2.16. The van der Waals surface area contributed by atoms with Gasteiger partial charge < -0.3 is 9.47 Å². The predicted molar refractivity (Wildman–Crippen MR) is 61.5 cm³/mol. The van der Waals surface area contributed by atoms with Gasteiger partial charge in [-0.2, -0.15) is 0 Å². The van der Waals surface area contributed by atoms with E-state index < -0.39 is 0 Å². The van der Waals surface area contributed by atoms with E-state index in [4.69, 9.17) is 9.47 Å². The molecule has 2 atom stereocenters. The van der Waals surface area contributed by atoms with Gasteiger partial charge in [0.2, 0.25) is 0 Å². The highest BCUT2D eigenvalue weighted by Crippen LogP contribution is 2.13. The first-order valence-corrected chi connectivity index (χ1v) is 5.78. The van der Waals surface area contributed by atoms with Crippen molar-refractivity contribution in [2.75, 3.05) is 6.61 Å². The zero-order chi connectivity index (χ0) is 9.52. The molecule has 74 valence electrons. The predicted octanol–water partition coefficient (Wildman–Crippen LogP) is 3.24. The normalized spacial score (nSPS) is 25.8. The Morgan fingerprint density at radius 3 is 3.00 bits per heavy atom. The number of rotatable bonds is 4. The minimum Gasteiger partial charge on any atom is -0.473 e. The summed E-state index contributed by atoms with van der Waals surface area (Å²) < 4.78 is 12.7. The fourth-order valence-electron chi connectivity index (χ4n) is 1.09. The van der Waals surface area contributed by atoms with Crippen molar-refractivity contribution in [1.29, 1.82) is 0 Å². The molecule has 0 saturated carbocycles. The third-order valence-electron chi connectivity index (χ3n) is 1.88. The van der Waals surface area contributed by atoms with Gasteiger partial charge in [-0.05, 0) is 22.5 Å². The summed E-state index contributed by atoms with van der Waals surface area (Å²) in [6, 6.07) is 0. The molecular formula is C10H15IO2. The van der Waals surface area contributed by atoms with Crippen LogP contribution in [0.15, 0.2) is 22.5 Å². The fraction of sp³-hybridized carbons (Fsp3) is 0.600. The summed E-state index contributed by atoms with van der Waals surface area (Å²) in [7, 11) is 0. The monoisotopic (exact) mass is 294 g/mol. The van der Waals surface area contributed by atoms with E-state index in [2.05, 4.69) is 35.6 Å². The summed E-state index contributed by atoms with van der Waals surface area (Å²) in [5.41, 5.74) is 0. The molecule has 1 heterocycles. The summed E-state index contributed by atoms with van der Waals surface area (Å²) >= 11 is 2.21. The zero-order valence-electron chi connectivity index (χ0n) is 7.78. The maximum absolute atomic E-state index is 5.38. The molecule has 1 aliphatic heterocycles. The first kappa shape index (κ1) is 11.0. The van der Waals surface area contributed by atoms with Crippen LogP contribution in [0.5, 0.6) is 0 Å². The van der Waals surface area contributed by atoms with Crippen molar-refractivity contribution in [3.05, 3.63) is 22.5 Å². The molecule has 1 rings (SSSR count). The van der Waals surface area contributed by atoms with Gasteiger partial charge in [-0.15, -0.1) is 0 Å². The maximum Gasteiger partial charge on any atom is 0.198 e. The summed E-state index contributed by atoms with van der Waals surface area (Å²) in [5, 5.41) is 0. The highest BCUT2D eigenvalue weighted by molar-refractivity contribution is 14.1. The lowest BCUT2D eigenvalue weighted by Crippen LogP contribution is -2.05. The smallest absolute Gasteiger partial charge is 0.198 e. The standard InChI is InChI=1S/C10H15IO2/c1-9(4-6-11)5-8-13-10-3-2-7-12-10/h4-6,8-10H,2-3,7H2,1H3/b6-4+,8-5+. The van der Waals surface area contributed by atoms with E-state index in [1.807, 2.05) is 10.2 Å². The highest BCUT2D eigenvalue weighted by atomic mass is 127. The number of ether oxygens (including phenoxy) is 2. The van der Waals surface area contributed by atoms with E-state index in [1.165, 1.54) is 0 Å². The van der Waals surface area contributed by atoms with E-state index in [9.17, 15) is 0 Å². The van der Waals surface area contributed by atoms with Crippen molar-refractivity contribution in [3.63, 3.8) is 0 Å². The average molecular weight is 294 g/mol. The first-order chi connectivity index (χ1) is 6.33. The Kier molecular flexibility index (Phi) is 5.46. The van der Waals surface area contributed by atoms with Gasteiger partial charge in [0.25, 0.3) is 0 Å². The van der Waals surface area contributed by atoms with Crippen LogP contribution in [0.4, 0.5) is 0 Å². The van der Waals surface area contributed by atoms with Gasteiger partial charge in [0.05, 0.1) is 12.9 Å². The molecule has 0 aliphatic carbocycles. The van der Waals surface area contributed by atoms with Crippen molar-refractivity contribution in [3.8, 4) is 0 Å². The lowest BCUT2D eigenvalue weighted by Gasteiger charge is -2.08. The third kappa shape index (κ3) is 4.67. The molecule has 3 heteroatoms. The molecule has 0 aromatic rings. The van der Waals surface area contributed by atoms with Gasteiger partial charge in [-0.3, -0.25) is 0 Å². The van der Waals surface area contributed by atoms with Gasteiger partial charge in [-0.1, -0.05) is 35.6 Å². The van der Waals surface area contributed by atoms with E-state index in [0.717, 1.165) is 19.4 Å². The van der Waals surface area contributed by atoms with Crippen LogP contribution in [0.2, 0.25) is 0 Å². The highest BCUT2D eigenvalue weighted by Gasteiger charge is 2.14. The van der Waals surface area contributed by atoms with E-state index >= 15 is 0 Å². The number of halogens is 1. The summed E-state index contributed by atoms with van der Waals surface area (Å²) in [6.45, 7) is 2.95. The molecule has 0 aromatic carbocycles. The largest absolute Gasteiger partial charge is 0.473 e. The van der Waals surface area contributed by atoms with Crippen LogP contribution in [0.1, 0.15) is 19.8 Å². The molecule has 13 heavy (non-hydrogen) atoms. The Morgan fingerprint density at radius 1 is 1.54 bits per heavy atom. The second-order valence-corrected chi connectivity index (χ2v) is 3.80. The molecule has 1 fully saturated rings. The van der Waals surface area contributed by atoms with Gasteiger partial charge in [0.15, 0.2) is 6.29 Å². The fourth-order valence-corrected chi connectivity index (χ4v) is 1.75. The minimum atomic E-state index is -0.00738. The second-order valence-electron chi connectivity index (χ2n) is 3.08. The molecule has 0 aromatic heterocycles. The summed E-state index contributed by atoms with van der Waals surface area (Å²) in [5.74, 6) is 0.429. The Hall–Kier alpha value is -0.0300. The van der Waals surface area contributed by atoms with Gasteiger partial charge >= 0.3 is 0 Å². The van der Waals surface area contributed by atoms with Gasteiger partial charge in [0.1, 0.15) is 0 Å². The second kappa shape index (κ2) is 6.43. The molecule has 0 bridgehead atoms. The van der Waals surface area contributed by atoms with E-state index in [-0.39, 0.29) is 6.29 Å². The van der Waals surface area contributed by atoms with Crippen LogP contribution in [0, 0.1) is 5.92 Å². The Labute approximate surface area is 93.1 Å². The van der Waals surface area contributed by atoms with Crippen molar-refractivity contribution >= 4 is 22.6 Å².